The van der Waals surface area contributed by atoms with Crippen molar-refractivity contribution < 1.29 is 9.90 Å². The number of hydrogen-bond donors (Lipinski definition) is 3. The largest absolute Gasteiger partial charge is 0.396 e. The van der Waals surface area contributed by atoms with Gasteiger partial charge in [-0.1, -0.05) is 0 Å². The highest BCUT2D eigenvalue weighted by molar-refractivity contribution is 5.90. The van der Waals surface area contributed by atoms with E-state index >= 15 is 0 Å². The van der Waals surface area contributed by atoms with E-state index in [9.17, 15) is 4.79 Å². The molecule has 6 nitrogen and oxygen atoms in total. The topological polar surface area (TPSA) is 90.9 Å². The molecule has 0 aliphatic carbocycles. The number of H-pyrrole nitrogens is 1. The van der Waals surface area contributed by atoms with Crippen LogP contribution < -0.4 is 5.32 Å². The van der Waals surface area contributed by atoms with Crippen molar-refractivity contribution in [2.24, 2.45) is 0 Å². The average Bonchev–Trinajstić information content (AvgIpc) is 2.52. The summed E-state index contributed by atoms with van der Waals surface area (Å²) in [6.45, 7) is 2.22. The Kier molecular flexibility index (Phi) is 3.39. The Labute approximate surface area is 75.4 Å². The van der Waals surface area contributed by atoms with Crippen LogP contribution >= 0.6 is 0 Å². The molecule has 3 N–H and O–H groups in total. The molecule has 1 rings (SSSR count). The van der Waals surface area contributed by atoms with Crippen LogP contribution in [0, 0.1) is 6.92 Å². The van der Waals surface area contributed by atoms with E-state index in [0.29, 0.717) is 18.8 Å². The predicted octanol–water partition coefficient (Wildman–Crippen LogP) is -0.775. The fourth-order valence-corrected chi connectivity index (χ4v) is 0.804. The van der Waals surface area contributed by atoms with E-state index in [-0.39, 0.29) is 18.3 Å². The Morgan fingerprint density at radius 1 is 1.69 bits per heavy atom. The number of aromatic nitrogens is 3. The molecular formula is C7H12N4O2. The first-order chi connectivity index (χ1) is 6.24. The van der Waals surface area contributed by atoms with Gasteiger partial charge in [0.2, 0.25) is 5.82 Å². The molecule has 13 heavy (non-hydrogen) atoms. The van der Waals surface area contributed by atoms with Crippen molar-refractivity contribution in [3.63, 3.8) is 0 Å². The number of hydrogen-bond acceptors (Lipinski definition) is 4. The van der Waals surface area contributed by atoms with E-state index in [1.165, 1.54) is 0 Å². The summed E-state index contributed by atoms with van der Waals surface area (Å²) in [5, 5.41) is 17.3. The maximum absolute atomic E-state index is 11.2. The quantitative estimate of drug-likeness (QED) is 0.536. The molecular weight excluding hydrogens is 172 g/mol. The summed E-state index contributed by atoms with van der Waals surface area (Å²) in [5.74, 6) is 0.417. The molecule has 1 amide bonds. The minimum atomic E-state index is -0.321. The van der Waals surface area contributed by atoms with Crippen molar-refractivity contribution in [1.29, 1.82) is 0 Å². The van der Waals surface area contributed by atoms with E-state index in [0.717, 1.165) is 0 Å². The molecule has 72 valence electrons. The third-order valence-electron chi connectivity index (χ3n) is 1.42. The van der Waals surface area contributed by atoms with Crippen LogP contribution in [0.15, 0.2) is 0 Å². The van der Waals surface area contributed by atoms with Crippen LogP contribution in [-0.4, -0.2) is 39.3 Å². The van der Waals surface area contributed by atoms with Gasteiger partial charge in [0, 0.05) is 13.2 Å². The van der Waals surface area contributed by atoms with Crippen LogP contribution in [0.25, 0.3) is 0 Å². The Hall–Kier alpha value is -1.43. The summed E-state index contributed by atoms with van der Waals surface area (Å²) < 4.78 is 0. The van der Waals surface area contributed by atoms with Crippen molar-refractivity contribution in [2.75, 3.05) is 13.2 Å². The monoisotopic (exact) mass is 184 g/mol. The van der Waals surface area contributed by atoms with Crippen LogP contribution in [-0.2, 0) is 0 Å². The smallest absolute Gasteiger partial charge is 0.290 e. The molecule has 0 aromatic carbocycles. The summed E-state index contributed by atoms with van der Waals surface area (Å²) in [5.41, 5.74) is 0. The van der Waals surface area contributed by atoms with Crippen molar-refractivity contribution >= 4 is 5.91 Å². The van der Waals surface area contributed by atoms with Crippen LogP contribution in [0.2, 0.25) is 0 Å². The number of carbonyl (C=O) groups is 1. The molecule has 0 radical (unpaired) electrons. The zero-order chi connectivity index (χ0) is 9.68. The number of aromatic amines is 1. The second kappa shape index (κ2) is 4.56. The number of aliphatic hydroxyl groups excluding tert-OH is 1. The summed E-state index contributed by atoms with van der Waals surface area (Å²) in [7, 11) is 0. The normalized spacial score (nSPS) is 10.0. The molecule has 0 bridgehead atoms. The molecule has 0 aliphatic rings. The molecule has 0 atom stereocenters. The highest BCUT2D eigenvalue weighted by Crippen LogP contribution is 1.89. The summed E-state index contributed by atoms with van der Waals surface area (Å²) in [6.07, 6.45) is 0.537. The number of rotatable bonds is 4. The van der Waals surface area contributed by atoms with Crippen LogP contribution in [0.4, 0.5) is 0 Å². The van der Waals surface area contributed by atoms with Crippen LogP contribution in [0.5, 0.6) is 0 Å². The average molecular weight is 184 g/mol. The van der Waals surface area contributed by atoms with Crippen LogP contribution in [0.3, 0.4) is 0 Å². The van der Waals surface area contributed by atoms with Gasteiger partial charge in [0.1, 0.15) is 5.82 Å². The fourth-order valence-electron chi connectivity index (χ4n) is 0.804. The highest BCUT2D eigenvalue weighted by atomic mass is 16.3. The second-order valence-corrected chi connectivity index (χ2v) is 2.58. The molecule has 6 heteroatoms. The Balaban J connectivity index is 2.40. The first kappa shape index (κ1) is 9.66. The molecule has 0 aliphatic heterocycles. The maximum atomic E-state index is 11.2. The van der Waals surface area contributed by atoms with E-state index in [2.05, 4.69) is 20.5 Å². The first-order valence-electron chi connectivity index (χ1n) is 4.02. The van der Waals surface area contributed by atoms with Crippen molar-refractivity contribution in [3.05, 3.63) is 11.6 Å². The van der Waals surface area contributed by atoms with Gasteiger partial charge in [-0.2, -0.15) is 0 Å². The van der Waals surface area contributed by atoms with E-state index in [1.54, 1.807) is 6.92 Å². The number of carbonyl (C=O) groups excluding carboxylic acids is 1. The second-order valence-electron chi connectivity index (χ2n) is 2.58. The van der Waals surface area contributed by atoms with Gasteiger partial charge in [-0.3, -0.25) is 9.89 Å². The maximum Gasteiger partial charge on any atom is 0.290 e. The van der Waals surface area contributed by atoms with E-state index in [4.69, 9.17) is 5.11 Å². The lowest BCUT2D eigenvalue weighted by atomic mass is 10.4. The minimum Gasteiger partial charge on any atom is -0.396 e. The fraction of sp³-hybridized carbons (Fsp3) is 0.571. The highest BCUT2D eigenvalue weighted by Gasteiger charge is 2.09. The molecule has 0 unspecified atom stereocenters. The van der Waals surface area contributed by atoms with E-state index in [1.807, 2.05) is 0 Å². The molecule has 0 saturated carbocycles. The van der Waals surface area contributed by atoms with Gasteiger partial charge in [-0.25, -0.2) is 4.98 Å². The predicted molar refractivity (Wildman–Crippen MR) is 45.2 cm³/mol. The summed E-state index contributed by atoms with van der Waals surface area (Å²) in [6, 6.07) is 0. The number of amides is 1. The van der Waals surface area contributed by atoms with Gasteiger partial charge in [-0.05, 0) is 13.3 Å². The summed E-state index contributed by atoms with van der Waals surface area (Å²) in [4.78, 5) is 15.0. The molecule has 0 spiro atoms. The van der Waals surface area contributed by atoms with Gasteiger partial charge in [0.05, 0.1) is 0 Å². The SMILES string of the molecule is Cc1nc(C(=O)NCCCO)n[nH]1. The molecule has 0 saturated heterocycles. The lowest BCUT2D eigenvalue weighted by molar-refractivity contribution is 0.0941. The Bertz CT molecular complexity index is 284. The third-order valence-corrected chi connectivity index (χ3v) is 1.42. The standard InChI is InChI=1S/C7H12N4O2/c1-5-9-6(11-10-5)7(13)8-3-2-4-12/h12H,2-4H2,1H3,(H,8,13)(H,9,10,11). The van der Waals surface area contributed by atoms with Gasteiger partial charge >= 0.3 is 0 Å². The zero-order valence-electron chi connectivity index (χ0n) is 7.37. The Morgan fingerprint density at radius 2 is 2.46 bits per heavy atom. The zero-order valence-corrected chi connectivity index (χ0v) is 7.37. The van der Waals surface area contributed by atoms with Crippen molar-refractivity contribution in [2.45, 2.75) is 13.3 Å². The van der Waals surface area contributed by atoms with E-state index < -0.39 is 0 Å². The minimum absolute atomic E-state index is 0.0628. The van der Waals surface area contributed by atoms with Gasteiger partial charge in [0.15, 0.2) is 0 Å². The molecule has 1 aromatic heterocycles. The number of nitrogens with zero attached hydrogens (tertiary/aromatic N) is 2. The number of nitrogens with one attached hydrogen (secondary N) is 2. The molecule has 0 fully saturated rings. The van der Waals surface area contributed by atoms with Gasteiger partial charge in [-0.15, -0.1) is 5.10 Å². The third kappa shape index (κ3) is 2.83. The van der Waals surface area contributed by atoms with Crippen LogP contribution in [0.1, 0.15) is 22.9 Å². The van der Waals surface area contributed by atoms with Crippen molar-refractivity contribution in [3.8, 4) is 0 Å². The summed E-state index contributed by atoms with van der Waals surface area (Å²) >= 11 is 0. The number of aliphatic hydroxyl groups is 1. The molecule has 1 heterocycles. The van der Waals surface area contributed by atoms with Gasteiger partial charge in [0.25, 0.3) is 5.91 Å². The molecule has 1 aromatic rings. The van der Waals surface area contributed by atoms with Crippen molar-refractivity contribution in [1.82, 2.24) is 20.5 Å². The lowest BCUT2D eigenvalue weighted by Crippen LogP contribution is -2.26. The Morgan fingerprint density at radius 3 is 3.00 bits per heavy atom. The first-order valence-corrected chi connectivity index (χ1v) is 4.02. The van der Waals surface area contributed by atoms with Gasteiger partial charge < -0.3 is 10.4 Å². The number of aryl methyl sites for hydroxylation is 1. The lowest BCUT2D eigenvalue weighted by Gasteiger charge is -1.98.